The summed E-state index contributed by atoms with van der Waals surface area (Å²) in [6.45, 7) is 5.07. The highest BCUT2D eigenvalue weighted by atomic mass is 16.4. The maximum absolute atomic E-state index is 5.68. The zero-order valence-electron chi connectivity index (χ0n) is 10.4. The number of nitrogens with zero attached hydrogens (tertiary/aromatic N) is 3. The van der Waals surface area contributed by atoms with Crippen molar-refractivity contribution in [1.82, 2.24) is 15.5 Å². The lowest BCUT2D eigenvalue weighted by Crippen LogP contribution is -2.19. The molecule has 1 aromatic heterocycles. The Kier molecular flexibility index (Phi) is 3.01. The van der Waals surface area contributed by atoms with Gasteiger partial charge in [-0.15, -0.1) is 5.10 Å². The van der Waals surface area contributed by atoms with Crippen LogP contribution in [0.1, 0.15) is 38.5 Å². The summed E-state index contributed by atoms with van der Waals surface area (Å²) in [4.78, 5) is 2.21. The van der Waals surface area contributed by atoms with E-state index in [2.05, 4.69) is 27.3 Å². The second kappa shape index (κ2) is 4.64. The average molecular weight is 236 g/mol. The minimum atomic E-state index is 0.682. The topological polar surface area (TPSA) is 54.2 Å². The Balaban J connectivity index is 1.56. The quantitative estimate of drug-likeness (QED) is 0.840. The molecule has 2 heterocycles. The molecule has 94 valence electrons. The molecule has 1 aromatic rings. The summed E-state index contributed by atoms with van der Waals surface area (Å²) in [6, 6.07) is 1.38. The van der Waals surface area contributed by atoms with Gasteiger partial charge in [0.05, 0.1) is 6.54 Å². The number of rotatable bonds is 5. The van der Waals surface area contributed by atoms with E-state index in [1.165, 1.54) is 25.7 Å². The van der Waals surface area contributed by atoms with Crippen LogP contribution in [-0.2, 0) is 6.54 Å². The largest absolute Gasteiger partial charge is 0.407 e. The molecule has 0 aromatic carbocycles. The minimum Gasteiger partial charge on any atom is -0.407 e. The van der Waals surface area contributed by atoms with Crippen LogP contribution in [0.3, 0.4) is 0 Å². The van der Waals surface area contributed by atoms with Crippen molar-refractivity contribution in [1.29, 1.82) is 0 Å². The fraction of sp³-hybridized carbons (Fsp3) is 0.833. The molecule has 1 N–H and O–H groups in total. The van der Waals surface area contributed by atoms with Crippen molar-refractivity contribution in [2.75, 3.05) is 18.0 Å². The summed E-state index contributed by atoms with van der Waals surface area (Å²) >= 11 is 0. The molecule has 17 heavy (non-hydrogen) atoms. The van der Waals surface area contributed by atoms with E-state index in [1.807, 2.05) is 0 Å². The zero-order valence-corrected chi connectivity index (χ0v) is 10.4. The van der Waals surface area contributed by atoms with Crippen molar-refractivity contribution in [2.45, 2.75) is 45.2 Å². The highest BCUT2D eigenvalue weighted by Gasteiger charge is 2.25. The molecular formula is C12H20N4O. The van der Waals surface area contributed by atoms with E-state index in [0.29, 0.717) is 24.5 Å². The molecule has 5 heteroatoms. The third-order valence-electron chi connectivity index (χ3n) is 3.71. The van der Waals surface area contributed by atoms with Gasteiger partial charge in [-0.25, -0.2) is 0 Å². The maximum Gasteiger partial charge on any atom is 0.318 e. The first kappa shape index (κ1) is 11.0. The van der Waals surface area contributed by atoms with Gasteiger partial charge in [0, 0.05) is 19.1 Å². The van der Waals surface area contributed by atoms with Gasteiger partial charge in [0.25, 0.3) is 0 Å². The second-order valence-electron chi connectivity index (χ2n) is 5.14. The third-order valence-corrected chi connectivity index (χ3v) is 3.71. The Morgan fingerprint density at radius 1 is 1.35 bits per heavy atom. The predicted molar refractivity (Wildman–Crippen MR) is 64.8 cm³/mol. The van der Waals surface area contributed by atoms with E-state index < -0.39 is 0 Å². The summed E-state index contributed by atoms with van der Waals surface area (Å²) in [5.41, 5.74) is 0. The van der Waals surface area contributed by atoms with Gasteiger partial charge < -0.3 is 14.6 Å². The van der Waals surface area contributed by atoms with Gasteiger partial charge in [-0.05, 0) is 25.2 Å². The van der Waals surface area contributed by atoms with Gasteiger partial charge in [-0.3, -0.25) is 0 Å². The molecule has 1 aliphatic carbocycles. The van der Waals surface area contributed by atoms with E-state index in [-0.39, 0.29) is 0 Å². The van der Waals surface area contributed by atoms with Gasteiger partial charge in [-0.1, -0.05) is 18.4 Å². The lowest BCUT2D eigenvalue weighted by atomic mass is 10.1. The highest BCUT2D eigenvalue weighted by molar-refractivity contribution is 5.26. The molecule has 0 spiro atoms. The van der Waals surface area contributed by atoms with Crippen molar-refractivity contribution < 1.29 is 4.42 Å². The fourth-order valence-electron chi connectivity index (χ4n) is 2.30. The summed E-state index contributed by atoms with van der Waals surface area (Å²) in [6.07, 6.45) is 5.05. The molecular weight excluding hydrogens is 216 g/mol. The monoisotopic (exact) mass is 236 g/mol. The van der Waals surface area contributed by atoms with Gasteiger partial charge in [0.1, 0.15) is 0 Å². The van der Waals surface area contributed by atoms with Crippen LogP contribution in [0.2, 0.25) is 0 Å². The van der Waals surface area contributed by atoms with E-state index in [0.717, 1.165) is 19.0 Å². The van der Waals surface area contributed by atoms with Crippen LogP contribution >= 0.6 is 0 Å². The molecule has 2 fully saturated rings. The smallest absolute Gasteiger partial charge is 0.318 e. The zero-order chi connectivity index (χ0) is 11.7. The van der Waals surface area contributed by atoms with Crippen LogP contribution in [0, 0.1) is 5.92 Å². The molecule has 1 atom stereocenters. The first-order valence-electron chi connectivity index (χ1n) is 6.66. The standard InChI is InChI=1S/C12H20N4O/c1-2-9-5-6-16(8-9)12-15-14-11(17-12)7-13-10-3-4-10/h9-10,13H,2-8H2,1H3. The number of anilines is 1. The molecule has 0 amide bonds. The number of hydrogen-bond donors (Lipinski definition) is 1. The summed E-state index contributed by atoms with van der Waals surface area (Å²) < 4.78 is 5.68. The second-order valence-corrected chi connectivity index (χ2v) is 5.14. The molecule has 1 saturated carbocycles. The molecule has 1 unspecified atom stereocenters. The fourth-order valence-corrected chi connectivity index (χ4v) is 2.30. The lowest BCUT2D eigenvalue weighted by Gasteiger charge is -2.11. The molecule has 1 saturated heterocycles. The van der Waals surface area contributed by atoms with E-state index in [1.54, 1.807) is 0 Å². The van der Waals surface area contributed by atoms with Crippen LogP contribution < -0.4 is 10.2 Å². The van der Waals surface area contributed by atoms with Crippen LogP contribution in [0.15, 0.2) is 4.42 Å². The van der Waals surface area contributed by atoms with Gasteiger partial charge >= 0.3 is 6.01 Å². The Morgan fingerprint density at radius 3 is 2.94 bits per heavy atom. The average Bonchev–Trinajstić information content (AvgIpc) is 2.89. The Labute approximate surface area is 102 Å². The predicted octanol–water partition coefficient (Wildman–Crippen LogP) is 1.56. The molecule has 5 nitrogen and oxygen atoms in total. The Hall–Kier alpha value is -1.10. The number of aromatic nitrogens is 2. The van der Waals surface area contributed by atoms with E-state index in [9.17, 15) is 0 Å². The highest BCUT2D eigenvalue weighted by Crippen LogP contribution is 2.24. The van der Waals surface area contributed by atoms with Crippen molar-refractivity contribution in [3.8, 4) is 0 Å². The van der Waals surface area contributed by atoms with Crippen LogP contribution in [0.4, 0.5) is 6.01 Å². The van der Waals surface area contributed by atoms with Crippen molar-refractivity contribution >= 4 is 6.01 Å². The van der Waals surface area contributed by atoms with Crippen molar-refractivity contribution in [3.63, 3.8) is 0 Å². The van der Waals surface area contributed by atoms with Crippen molar-refractivity contribution in [3.05, 3.63) is 5.89 Å². The summed E-state index contributed by atoms with van der Waals surface area (Å²) in [5, 5.41) is 11.6. The molecule has 0 bridgehead atoms. The lowest BCUT2D eigenvalue weighted by molar-refractivity contribution is 0.462. The molecule has 3 rings (SSSR count). The normalized spacial score (nSPS) is 24.5. The summed E-state index contributed by atoms with van der Waals surface area (Å²) in [7, 11) is 0. The Bertz CT molecular complexity index is 374. The number of nitrogens with one attached hydrogen (secondary N) is 1. The van der Waals surface area contributed by atoms with Crippen LogP contribution in [0.25, 0.3) is 0 Å². The minimum absolute atomic E-state index is 0.682. The van der Waals surface area contributed by atoms with Gasteiger partial charge in [-0.2, -0.15) is 0 Å². The summed E-state index contributed by atoms with van der Waals surface area (Å²) in [5.74, 6) is 1.50. The first-order chi connectivity index (χ1) is 8.35. The van der Waals surface area contributed by atoms with Gasteiger partial charge in [0.2, 0.25) is 5.89 Å². The van der Waals surface area contributed by atoms with E-state index in [4.69, 9.17) is 4.42 Å². The van der Waals surface area contributed by atoms with E-state index >= 15 is 0 Å². The van der Waals surface area contributed by atoms with Gasteiger partial charge in [0.15, 0.2) is 0 Å². The van der Waals surface area contributed by atoms with Crippen LogP contribution in [-0.4, -0.2) is 29.3 Å². The SMILES string of the molecule is CCC1CCN(c2nnc(CNC3CC3)o2)C1. The molecule has 0 radical (unpaired) electrons. The number of hydrogen-bond acceptors (Lipinski definition) is 5. The van der Waals surface area contributed by atoms with Crippen LogP contribution in [0.5, 0.6) is 0 Å². The molecule has 2 aliphatic rings. The maximum atomic E-state index is 5.68. The van der Waals surface area contributed by atoms with Crippen molar-refractivity contribution in [2.24, 2.45) is 5.92 Å². The first-order valence-corrected chi connectivity index (χ1v) is 6.66. The Morgan fingerprint density at radius 2 is 2.24 bits per heavy atom. The third kappa shape index (κ3) is 2.60. The molecule has 1 aliphatic heterocycles.